The lowest BCUT2D eigenvalue weighted by Gasteiger charge is -2.07. The SMILES string of the molecule is Cc1[nH]c(C(=O)O)c(C)c1S(=O)(=O)NCc1ccccc1. The van der Waals surface area contributed by atoms with Crippen LogP contribution < -0.4 is 4.72 Å². The minimum Gasteiger partial charge on any atom is -0.477 e. The van der Waals surface area contributed by atoms with Gasteiger partial charge in [0.15, 0.2) is 0 Å². The molecule has 21 heavy (non-hydrogen) atoms. The van der Waals surface area contributed by atoms with Gasteiger partial charge in [0.2, 0.25) is 10.0 Å². The Bertz CT molecular complexity index is 764. The van der Waals surface area contributed by atoms with Crippen molar-refractivity contribution in [1.82, 2.24) is 9.71 Å². The van der Waals surface area contributed by atoms with Crippen LogP contribution in [-0.2, 0) is 16.6 Å². The van der Waals surface area contributed by atoms with Gasteiger partial charge in [-0.05, 0) is 19.4 Å². The van der Waals surface area contributed by atoms with Gasteiger partial charge in [-0.3, -0.25) is 0 Å². The Labute approximate surface area is 122 Å². The average molecular weight is 308 g/mol. The summed E-state index contributed by atoms with van der Waals surface area (Å²) in [6.45, 7) is 3.16. The van der Waals surface area contributed by atoms with Gasteiger partial charge in [0.25, 0.3) is 0 Å². The topological polar surface area (TPSA) is 99.3 Å². The fourth-order valence-corrected chi connectivity index (χ4v) is 3.66. The third-order valence-corrected chi connectivity index (χ3v) is 4.83. The minimum absolute atomic E-state index is 0.00386. The summed E-state index contributed by atoms with van der Waals surface area (Å²) in [7, 11) is -3.78. The van der Waals surface area contributed by atoms with E-state index in [9.17, 15) is 13.2 Å². The largest absolute Gasteiger partial charge is 0.477 e. The minimum atomic E-state index is -3.78. The van der Waals surface area contributed by atoms with E-state index < -0.39 is 16.0 Å². The number of carboxylic acid groups (broad SMARTS) is 1. The zero-order valence-electron chi connectivity index (χ0n) is 11.7. The van der Waals surface area contributed by atoms with Crippen molar-refractivity contribution in [3.63, 3.8) is 0 Å². The standard InChI is InChI=1S/C14H16N2O4S/c1-9-12(14(17)18)16-10(2)13(9)21(19,20)15-8-11-6-4-3-5-7-11/h3-7,15-16H,8H2,1-2H3,(H,17,18). The highest BCUT2D eigenvalue weighted by molar-refractivity contribution is 7.89. The van der Waals surface area contributed by atoms with Gasteiger partial charge >= 0.3 is 5.97 Å². The van der Waals surface area contributed by atoms with Crippen LogP contribution in [0.3, 0.4) is 0 Å². The van der Waals surface area contributed by atoms with Crippen LogP contribution in [0.5, 0.6) is 0 Å². The molecule has 0 amide bonds. The first-order chi connectivity index (χ1) is 9.83. The molecule has 0 fully saturated rings. The van der Waals surface area contributed by atoms with Crippen LogP contribution in [0.1, 0.15) is 27.3 Å². The first kappa shape index (κ1) is 15.3. The second-order valence-electron chi connectivity index (χ2n) is 4.69. The van der Waals surface area contributed by atoms with E-state index in [1.165, 1.54) is 13.8 Å². The lowest BCUT2D eigenvalue weighted by molar-refractivity contribution is 0.0690. The number of hydrogen-bond donors (Lipinski definition) is 3. The summed E-state index contributed by atoms with van der Waals surface area (Å²) in [5.74, 6) is -1.18. The highest BCUT2D eigenvalue weighted by atomic mass is 32.2. The number of sulfonamides is 1. The normalized spacial score (nSPS) is 11.5. The Hall–Kier alpha value is -2.12. The molecule has 3 N–H and O–H groups in total. The van der Waals surface area contributed by atoms with E-state index in [0.717, 1.165) is 5.56 Å². The summed E-state index contributed by atoms with van der Waals surface area (Å²) in [6.07, 6.45) is 0. The van der Waals surface area contributed by atoms with Crippen LogP contribution >= 0.6 is 0 Å². The number of benzene rings is 1. The van der Waals surface area contributed by atoms with Gasteiger partial charge in [-0.1, -0.05) is 30.3 Å². The molecule has 0 unspecified atom stereocenters. The Morgan fingerprint density at radius 2 is 1.86 bits per heavy atom. The molecular formula is C14H16N2O4S. The molecule has 2 rings (SSSR count). The summed E-state index contributed by atoms with van der Waals surface area (Å²) < 4.78 is 27.2. The number of carbonyl (C=O) groups is 1. The molecule has 112 valence electrons. The zero-order valence-corrected chi connectivity index (χ0v) is 12.5. The van der Waals surface area contributed by atoms with Crippen LogP contribution in [0.15, 0.2) is 35.2 Å². The van der Waals surface area contributed by atoms with Crippen molar-refractivity contribution < 1.29 is 18.3 Å². The van der Waals surface area contributed by atoms with Crippen molar-refractivity contribution in [3.8, 4) is 0 Å². The van der Waals surface area contributed by atoms with Gasteiger partial charge < -0.3 is 10.1 Å². The third-order valence-electron chi connectivity index (χ3n) is 3.16. The molecule has 2 aromatic rings. The van der Waals surface area contributed by atoms with Crippen molar-refractivity contribution in [1.29, 1.82) is 0 Å². The van der Waals surface area contributed by atoms with E-state index in [2.05, 4.69) is 9.71 Å². The van der Waals surface area contributed by atoms with E-state index in [-0.39, 0.29) is 22.7 Å². The molecule has 0 atom stereocenters. The number of aromatic nitrogens is 1. The number of hydrogen-bond acceptors (Lipinski definition) is 3. The number of H-pyrrole nitrogens is 1. The number of rotatable bonds is 5. The second-order valence-corrected chi connectivity index (χ2v) is 6.40. The first-order valence-corrected chi connectivity index (χ1v) is 7.77. The molecule has 0 saturated heterocycles. The Kier molecular flexibility index (Phi) is 4.15. The highest BCUT2D eigenvalue weighted by Gasteiger charge is 2.26. The predicted molar refractivity (Wildman–Crippen MR) is 77.7 cm³/mol. The van der Waals surface area contributed by atoms with Crippen molar-refractivity contribution >= 4 is 16.0 Å². The van der Waals surface area contributed by atoms with Gasteiger partial charge in [-0.15, -0.1) is 0 Å². The van der Waals surface area contributed by atoms with E-state index in [0.29, 0.717) is 5.69 Å². The Morgan fingerprint density at radius 1 is 1.24 bits per heavy atom. The maximum absolute atomic E-state index is 12.4. The molecular weight excluding hydrogens is 292 g/mol. The van der Waals surface area contributed by atoms with Crippen LogP contribution in [-0.4, -0.2) is 24.5 Å². The fraction of sp³-hybridized carbons (Fsp3) is 0.214. The number of nitrogens with one attached hydrogen (secondary N) is 2. The smallest absolute Gasteiger partial charge is 0.352 e. The summed E-state index contributed by atoms with van der Waals surface area (Å²) in [5.41, 5.74) is 1.24. The molecule has 6 nitrogen and oxygen atoms in total. The van der Waals surface area contributed by atoms with Crippen molar-refractivity contribution in [3.05, 3.63) is 52.8 Å². The van der Waals surface area contributed by atoms with E-state index in [1.54, 1.807) is 0 Å². The van der Waals surface area contributed by atoms with Gasteiger partial charge in [0, 0.05) is 17.8 Å². The molecule has 0 radical (unpaired) electrons. The number of carboxylic acids is 1. The van der Waals surface area contributed by atoms with Crippen LogP contribution in [0, 0.1) is 13.8 Å². The van der Waals surface area contributed by atoms with Crippen molar-refractivity contribution in [2.75, 3.05) is 0 Å². The lowest BCUT2D eigenvalue weighted by atomic mass is 10.2. The Morgan fingerprint density at radius 3 is 2.38 bits per heavy atom. The van der Waals surface area contributed by atoms with E-state index >= 15 is 0 Å². The van der Waals surface area contributed by atoms with Gasteiger partial charge in [0.05, 0.1) is 0 Å². The number of aromatic amines is 1. The highest BCUT2D eigenvalue weighted by Crippen LogP contribution is 2.23. The quantitative estimate of drug-likeness (QED) is 0.784. The van der Waals surface area contributed by atoms with Crippen molar-refractivity contribution in [2.24, 2.45) is 0 Å². The molecule has 0 spiro atoms. The van der Waals surface area contributed by atoms with Gasteiger partial charge in [0.1, 0.15) is 10.6 Å². The predicted octanol–water partition coefficient (Wildman–Crippen LogP) is 1.81. The summed E-state index contributed by atoms with van der Waals surface area (Å²) >= 11 is 0. The summed E-state index contributed by atoms with van der Waals surface area (Å²) in [4.78, 5) is 13.6. The number of aromatic carboxylic acids is 1. The molecule has 0 aliphatic rings. The molecule has 7 heteroatoms. The van der Waals surface area contributed by atoms with Gasteiger partial charge in [-0.2, -0.15) is 0 Å². The molecule has 1 aromatic heterocycles. The second kappa shape index (κ2) is 5.71. The van der Waals surface area contributed by atoms with Gasteiger partial charge in [-0.25, -0.2) is 17.9 Å². The maximum Gasteiger partial charge on any atom is 0.352 e. The monoisotopic (exact) mass is 308 g/mol. The van der Waals surface area contributed by atoms with E-state index in [1.807, 2.05) is 30.3 Å². The molecule has 1 heterocycles. The fourth-order valence-electron chi connectivity index (χ4n) is 2.20. The molecule has 0 bridgehead atoms. The molecule has 0 aliphatic heterocycles. The Balaban J connectivity index is 2.30. The molecule has 0 aliphatic carbocycles. The maximum atomic E-state index is 12.4. The van der Waals surface area contributed by atoms with Crippen LogP contribution in [0.25, 0.3) is 0 Å². The molecule has 0 saturated carbocycles. The van der Waals surface area contributed by atoms with Crippen LogP contribution in [0.2, 0.25) is 0 Å². The molecule has 1 aromatic carbocycles. The van der Waals surface area contributed by atoms with Crippen molar-refractivity contribution in [2.45, 2.75) is 25.3 Å². The summed E-state index contributed by atoms with van der Waals surface area (Å²) in [6, 6.07) is 9.10. The summed E-state index contributed by atoms with van der Waals surface area (Å²) in [5, 5.41) is 9.03. The first-order valence-electron chi connectivity index (χ1n) is 6.29. The third kappa shape index (κ3) is 3.14. The number of aryl methyl sites for hydroxylation is 1. The lowest BCUT2D eigenvalue weighted by Crippen LogP contribution is -2.24. The average Bonchev–Trinajstić information content (AvgIpc) is 2.74. The van der Waals surface area contributed by atoms with E-state index in [4.69, 9.17) is 5.11 Å². The zero-order chi connectivity index (χ0) is 15.6. The van der Waals surface area contributed by atoms with Crippen LogP contribution in [0.4, 0.5) is 0 Å².